The van der Waals surface area contributed by atoms with E-state index in [4.69, 9.17) is 4.42 Å². The maximum absolute atomic E-state index is 13.8. The van der Waals surface area contributed by atoms with E-state index in [0.29, 0.717) is 0 Å². The highest BCUT2D eigenvalue weighted by Gasteiger charge is 2.17. The molecule has 0 radical (unpaired) electrons. The molecule has 0 saturated heterocycles. The smallest absolute Gasteiger partial charge is 0.387 e. The zero-order valence-corrected chi connectivity index (χ0v) is 12.7. The van der Waals surface area contributed by atoms with Crippen LogP contribution in [0.1, 0.15) is 10.6 Å². The van der Waals surface area contributed by atoms with Gasteiger partial charge in [-0.2, -0.15) is 8.78 Å². The number of alkyl halides is 2. The van der Waals surface area contributed by atoms with Crippen molar-refractivity contribution in [3.05, 3.63) is 72.2 Å². The number of carbonyl (C=O) groups excluding carboxylic acids is 1. The van der Waals surface area contributed by atoms with Gasteiger partial charge in [-0.15, -0.1) is 0 Å². The number of para-hydroxylation sites is 2. The summed E-state index contributed by atoms with van der Waals surface area (Å²) in [7, 11) is 0. The van der Waals surface area contributed by atoms with Crippen molar-refractivity contribution in [3.63, 3.8) is 0 Å². The van der Waals surface area contributed by atoms with E-state index < -0.39 is 18.3 Å². The molecule has 7 heteroatoms. The molecule has 3 aromatic rings. The molecular weight excluding hydrogens is 335 g/mol. The Hall–Kier alpha value is -3.22. The van der Waals surface area contributed by atoms with E-state index >= 15 is 0 Å². The molecule has 0 saturated carbocycles. The van der Waals surface area contributed by atoms with Crippen LogP contribution >= 0.6 is 0 Å². The van der Waals surface area contributed by atoms with Gasteiger partial charge in [0.2, 0.25) is 0 Å². The first-order valence-electron chi connectivity index (χ1n) is 7.24. The van der Waals surface area contributed by atoms with Crippen LogP contribution < -0.4 is 10.1 Å². The van der Waals surface area contributed by atoms with Gasteiger partial charge < -0.3 is 14.5 Å². The topological polar surface area (TPSA) is 51.5 Å². The van der Waals surface area contributed by atoms with Crippen LogP contribution in [0.15, 0.2) is 65.1 Å². The number of amides is 1. The SMILES string of the molecule is O=C(Nc1ccccc1OC(F)F)c1ccc(-c2ccccc2F)o1. The Morgan fingerprint density at radius 3 is 2.48 bits per heavy atom. The maximum Gasteiger partial charge on any atom is 0.387 e. The predicted molar refractivity (Wildman–Crippen MR) is 85.1 cm³/mol. The lowest BCUT2D eigenvalue weighted by molar-refractivity contribution is -0.0493. The molecule has 0 fully saturated rings. The van der Waals surface area contributed by atoms with Crippen molar-refractivity contribution in [2.24, 2.45) is 0 Å². The molecule has 0 bridgehead atoms. The van der Waals surface area contributed by atoms with E-state index in [2.05, 4.69) is 10.1 Å². The van der Waals surface area contributed by atoms with Gasteiger partial charge in [-0.05, 0) is 36.4 Å². The highest BCUT2D eigenvalue weighted by Crippen LogP contribution is 2.28. The lowest BCUT2D eigenvalue weighted by Gasteiger charge is -2.10. The minimum absolute atomic E-state index is 0.0663. The van der Waals surface area contributed by atoms with Crippen molar-refractivity contribution in [2.75, 3.05) is 5.32 Å². The second kappa shape index (κ2) is 7.12. The average molecular weight is 347 g/mol. The van der Waals surface area contributed by atoms with Crippen LogP contribution in [-0.2, 0) is 0 Å². The summed E-state index contributed by atoms with van der Waals surface area (Å²) < 4.78 is 48.3. The van der Waals surface area contributed by atoms with Gasteiger partial charge in [0, 0.05) is 0 Å². The number of rotatable bonds is 5. The number of nitrogens with one attached hydrogen (secondary N) is 1. The van der Waals surface area contributed by atoms with E-state index in [1.54, 1.807) is 12.1 Å². The van der Waals surface area contributed by atoms with E-state index in [-0.39, 0.29) is 28.5 Å². The molecule has 0 aliphatic rings. The number of hydrogen-bond acceptors (Lipinski definition) is 3. The molecule has 1 amide bonds. The van der Waals surface area contributed by atoms with E-state index in [1.807, 2.05) is 0 Å². The first-order valence-corrected chi connectivity index (χ1v) is 7.24. The molecule has 1 N–H and O–H groups in total. The molecule has 0 spiro atoms. The molecular formula is C18H12F3NO3. The van der Waals surface area contributed by atoms with Crippen LogP contribution in [0.5, 0.6) is 5.75 Å². The summed E-state index contributed by atoms with van der Waals surface area (Å²) in [4.78, 5) is 12.2. The van der Waals surface area contributed by atoms with Crippen molar-refractivity contribution in [1.82, 2.24) is 0 Å². The van der Waals surface area contributed by atoms with Crippen LogP contribution in [-0.4, -0.2) is 12.5 Å². The molecule has 0 aliphatic heterocycles. The van der Waals surface area contributed by atoms with Gasteiger partial charge in [-0.25, -0.2) is 4.39 Å². The maximum atomic E-state index is 13.8. The first kappa shape index (κ1) is 16.6. The van der Waals surface area contributed by atoms with Gasteiger partial charge in [0.25, 0.3) is 5.91 Å². The lowest BCUT2D eigenvalue weighted by atomic mass is 10.1. The normalized spacial score (nSPS) is 10.7. The Morgan fingerprint density at radius 2 is 1.72 bits per heavy atom. The summed E-state index contributed by atoms with van der Waals surface area (Å²) in [5.41, 5.74) is 0.277. The molecule has 25 heavy (non-hydrogen) atoms. The quantitative estimate of drug-likeness (QED) is 0.711. The minimum atomic E-state index is -3.02. The van der Waals surface area contributed by atoms with Crippen molar-refractivity contribution < 1.29 is 27.1 Å². The van der Waals surface area contributed by atoms with Gasteiger partial charge in [-0.3, -0.25) is 4.79 Å². The largest absolute Gasteiger partial charge is 0.451 e. The molecule has 0 aliphatic carbocycles. The number of carbonyl (C=O) groups is 1. The van der Waals surface area contributed by atoms with Gasteiger partial charge in [-0.1, -0.05) is 24.3 Å². The molecule has 0 unspecified atom stereocenters. The van der Waals surface area contributed by atoms with Crippen LogP contribution in [0.4, 0.5) is 18.9 Å². The van der Waals surface area contributed by atoms with E-state index in [1.165, 1.54) is 48.5 Å². The summed E-state index contributed by atoms with van der Waals surface area (Å²) in [6.45, 7) is -3.02. The number of halogens is 3. The van der Waals surface area contributed by atoms with Crippen LogP contribution in [0.2, 0.25) is 0 Å². The molecule has 1 aromatic heterocycles. The second-order valence-corrected chi connectivity index (χ2v) is 4.97. The standard InChI is InChI=1S/C18H12F3NO3/c19-12-6-2-1-5-11(12)14-9-10-16(24-14)17(23)22-13-7-3-4-8-15(13)25-18(20)21/h1-10,18H,(H,22,23). The summed E-state index contributed by atoms with van der Waals surface area (Å²) in [6, 6.07) is 14.6. The predicted octanol–water partition coefficient (Wildman–Crippen LogP) is 4.94. The number of hydrogen-bond donors (Lipinski definition) is 1. The second-order valence-electron chi connectivity index (χ2n) is 4.97. The molecule has 2 aromatic carbocycles. The molecule has 128 valence electrons. The van der Waals surface area contributed by atoms with Crippen LogP contribution in [0, 0.1) is 5.82 Å². The number of ether oxygens (including phenoxy) is 1. The third kappa shape index (κ3) is 3.82. The third-order valence-electron chi connectivity index (χ3n) is 3.32. The Bertz CT molecular complexity index is 893. The Labute approximate surface area is 140 Å². The number of furan rings is 1. The third-order valence-corrected chi connectivity index (χ3v) is 3.32. The number of benzene rings is 2. The fraction of sp³-hybridized carbons (Fsp3) is 0.0556. The first-order chi connectivity index (χ1) is 12.0. The lowest BCUT2D eigenvalue weighted by Crippen LogP contribution is -2.13. The summed E-state index contributed by atoms with van der Waals surface area (Å²) in [6.07, 6.45) is 0. The van der Waals surface area contributed by atoms with E-state index in [9.17, 15) is 18.0 Å². The monoisotopic (exact) mass is 347 g/mol. The highest BCUT2D eigenvalue weighted by atomic mass is 19.3. The zero-order valence-electron chi connectivity index (χ0n) is 12.7. The van der Waals surface area contributed by atoms with Crippen LogP contribution in [0.25, 0.3) is 11.3 Å². The molecule has 3 rings (SSSR count). The Balaban J connectivity index is 1.81. The molecule has 1 heterocycles. The van der Waals surface area contributed by atoms with Crippen molar-refractivity contribution >= 4 is 11.6 Å². The Kier molecular flexibility index (Phi) is 4.74. The van der Waals surface area contributed by atoms with Crippen molar-refractivity contribution in [1.29, 1.82) is 0 Å². The summed E-state index contributed by atoms with van der Waals surface area (Å²) >= 11 is 0. The van der Waals surface area contributed by atoms with E-state index in [0.717, 1.165) is 0 Å². The summed E-state index contributed by atoms with van der Waals surface area (Å²) in [5, 5.41) is 2.43. The van der Waals surface area contributed by atoms with Gasteiger partial charge in [0.1, 0.15) is 17.3 Å². The number of anilines is 1. The molecule has 0 atom stereocenters. The zero-order chi connectivity index (χ0) is 17.8. The van der Waals surface area contributed by atoms with Gasteiger partial charge >= 0.3 is 6.61 Å². The van der Waals surface area contributed by atoms with Gasteiger partial charge in [0.05, 0.1) is 11.3 Å². The van der Waals surface area contributed by atoms with Crippen molar-refractivity contribution in [3.8, 4) is 17.1 Å². The average Bonchev–Trinajstić information content (AvgIpc) is 3.06. The van der Waals surface area contributed by atoms with Crippen LogP contribution in [0.3, 0.4) is 0 Å². The summed E-state index contributed by atoms with van der Waals surface area (Å²) in [5.74, 6) is -1.25. The molecule has 4 nitrogen and oxygen atoms in total. The fourth-order valence-electron chi connectivity index (χ4n) is 2.22. The van der Waals surface area contributed by atoms with Crippen molar-refractivity contribution in [2.45, 2.75) is 6.61 Å². The highest BCUT2D eigenvalue weighted by molar-refractivity contribution is 6.03. The van der Waals surface area contributed by atoms with Gasteiger partial charge in [0.15, 0.2) is 5.76 Å². The fourth-order valence-corrected chi connectivity index (χ4v) is 2.22. The minimum Gasteiger partial charge on any atom is -0.451 e. The Morgan fingerprint density at radius 1 is 1.00 bits per heavy atom.